The second-order valence-electron chi connectivity index (χ2n) is 4.02. The summed E-state index contributed by atoms with van der Waals surface area (Å²) < 4.78 is 24.0. The molecule has 19 heavy (non-hydrogen) atoms. The van der Waals surface area contributed by atoms with Crippen molar-refractivity contribution in [1.29, 1.82) is 0 Å². The van der Waals surface area contributed by atoms with Gasteiger partial charge in [-0.3, -0.25) is 9.78 Å². The average Bonchev–Trinajstić information content (AvgIpc) is 2.37. The summed E-state index contributed by atoms with van der Waals surface area (Å²) in [6.07, 6.45) is 3.15. The number of hydrogen-bond acceptors (Lipinski definition) is 5. The molecule has 0 aromatic carbocycles. The molecule has 0 saturated carbocycles. The summed E-state index contributed by atoms with van der Waals surface area (Å²) in [5, 5.41) is 2.69. The molecule has 1 amide bonds. The minimum atomic E-state index is -3.17. The van der Waals surface area contributed by atoms with Gasteiger partial charge < -0.3 is 11.1 Å². The Kier molecular flexibility index (Phi) is 5.87. The van der Waals surface area contributed by atoms with Crippen LogP contribution in [0.25, 0.3) is 0 Å². The van der Waals surface area contributed by atoms with Crippen LogP contribution >= 0.6 is 0 Å². The maximum absolute atomic E-state index is 11.8. The van der Waals surface area contributed by atoms with Crippen molar-refractivity contribution in [2.24, 2.45) is 5.73 Å². The van der Waals surface area contributed by atoms with Crippen LogP contribution in [0.2, 0.25) is 0 Å². The molecular weight excluding hydrogens is 268 g/mol. The van der Waals surface area contributed by atoms with E-state index in [1.807, 2.05) is 0 Å². The van der Waals surface area contributed by atoms with Gasteiger partial charge in [-0.2, -0.15) is 0 Å². The SMILES string of the molecule is CS(=O)(=O)NCCCNC(=O)c1ccnc(CN)c1. The third-order valence-electron chi connectivity index (χ3n) is 2.29. The zero-order valence-corrected chi connectivity index (χ0v) is 11.5. The lowest BCUT2D eigenvalue weighted by Gasteiger charge is -2.06. The van der Waals surface area contributed by atoms with Crippen LogP contribution in [0.4, 0.5) is 0 Å². The molecule has 0 aliphatic heterocycles. The fraction of sp³-hybridized carbons (Fsp3) is 0.455. The molecule has 0 fully saturated rings. The molecule has 0 aliphatic carbocycles. The van der Waals surface area contributed by atoms with Gasteiger partial charge in [-0.05, 0) is 18.6 Å². The van der Waals surface area contributed by atoms with E-state index < -0.39 is 10.0 Å². The maximum atomic E-state index is 11.8. The van der Waals surface area contributed by atoms with Crippen LogP contribution in [0.3, 0.4) is 0 Å². The van der Waals surface area contributed by atoms with E-state index in [4.69, 9.17) is 5.73 Å². The average molecular weight is 286 g/mol. The van der Waals surface area contributed by atoms with Gasteiger partial charge in [0.05, 0.1) is 11.9 Å². The molecule has 4 N–H and O–H groups in total. The van der Waals surface area contributed by atoms with E-state index in [2.05, 4.69) is 15.0 Å². The predicted octanol–water partition coefficient (Wildman–Crippen LogP) is -0.791. The second-order valence-corrected chi connectivity index (χ2v) is 5.85. The maximum Gasteiger partial charge on any atom is 0.251 e. The van der Waals surface area contributed by atoms with Crippen LogP contribution in [-0.2, 0) is 16.6 Å². The van der Waals surface area contributed by atoms with E-state index in [9.17, 15) is 13.2 Å². The molecule has 8 heteroatoms. The van der Waals surface area contributed by atoms with Gasteiger partial charge in [0.25, 0.3) is 5.91 Å². The van der Waals surface area contributed by atoms with E-state index in [0.29, 0.717) is 30.8 Å². The van der Waals surface area contributed by atoms with Gasteiger partial charge in [0, 0.05) is 31.4 Å². The third kappa shape index (κ3) is 6.27. The summed E-state index contributed by atoms with van der Waals surface area (Å²) in [6, 6.07) is 3.23. The highest BCUT2D eigenvalue weighted by atomic mass is 32.2. The Hall–Kier alpha value is -1.51. The summed E-state index contributed by atoms with van der Waals surface area (Å²) in [5.74, 6) is -0.226. The Labute approximate surface area is 112 Å². The topological polar surface area (TPSA) is 114 Å². The number of nitrogens with one attached hydrogen (secondary N) is 2. The Morgan fingerprint density at radius 1 is 1.42 bits per heavy atom. The van der Waals surface area contributed by atoms with Crippen LogP contribution in [-0.4, -0.2) is 38.7 Å². The van der Waals surface area contributed by atoms with E-state index in [-0.39, 0.29) is 12.5 Å². The van der Waals surface area contributed by atoms with Gasteiger partial charge >= 0.3 is 0 Å². The van der Waals surface area contributed by atoms with Crippen molar-refractivity contribution in [3.63, 3.8) is 0 Å². The summed E-state index contributed by atoms with van der Waals surface area (Å²) in [5.41, 5.74) is 6.58. The number of amides is 1. The molecule has 1 heterocycles. The lowest BCUT2D eigenvalue weighted by molar-refractivity contribution is 0.0953. The molecule has 7 nitrogen and oxygen atoms in total. The molecule has 1 aromatic heterocycles. The van der Waals surface area contributed by atoms with Crippen molar-refractivity contribution in [3.05, 3.63) is 29.6 Å². The number of carbonyl (C=O) groups excluding carboxylic acids is 1. The normalized spacial score (nSPS) is 11.3. The van der Waals surface area contributed by atoms with E-state index in [1.54, 1.807) is 12.1 Å². The molecule has 0 radical (unpaired) electrons. The van der Waals surface area contributed by atoms with Crippen molar-refractivity contribution >= 4 is 15.9 Å². The van der Waals surface area contributed by atoms with Gasteiger partial charge in [0.1, 0.15) is 0 Å². The summed E-state index contributed by atoms with van der Waals surface area (Å²) >= 11 is 0. The van der Waals surface area contributed by atoms with E-state index in [0.717, 1.165) is 6.26 Å². The largest absolute Gasteiger partial charge is 0.352 e. The van der Waals surface area contributed by atoms with Crippen molar-refractivity contribution in [3.8, 4) is 0 Å². The van der Waals surface area contributed by atoms with Crippen LogP contribution < -0.4 is 15.8 Å². The number of sulfonamides is 1. The van der Waals surface area contributed by atoms with Gasteiger partial charge in [0.15, 0.2) is 0 Å². The lowest BCUT2D eigenvalue weighted by atomic mass is 10.2. The van der Waals surface area contributed by atoms with Crippen molar-refractivity contribution in [1.82, 2.24) is 15.0 Å². The minimum absolute atomic E-state index is 0.226. The predicted molar refractivity (Wildman–Crippen MR) is 71.9 cm³/mol. The smallest absolute Gasteiger partial charge is 0.251 e. The zero-order valence-electron chi connectivity index (χ0n) is 10.7. The van der Waals surface area contributed by atoms with Crippen molar-refractivity contribution in [2.45, 2.75) is 13.0 Å². The Balaban J connectivity index is 2.35. The molecule has 106 valence electrons. The second kappa shape index (κ2) is 7.17. The van der Waals surface area contributed by atoms with Crippen molar-refractivity contribution in [2.75, 3.05) is 19.3 Å². The molecule has 0 saturated heterocycles. The highest BCUT2D eigenvalue weighted by molar-refractivity contribution is 7.88. The molecule has 0 unspecified atom stereocenters. The highest BCUT2D eigenvalue weighted by Gasteiger charge is 2.06. The standard InChI is InChI=1S/C11H18N4O3S/c1-19(17,18)15-5-2-4-14-11(16)9-3-6-13-10(7-9)8-12/h3,6-7,15H,2,4-5,8,12H2,1H3,(H,14,16). The van der Waals surface area contributed by atoms with Gasteiger partial charge in [-0.15, -0.1) is 0 Å². The van der Waals surface area contributed by atoms with Gasteiger partial charge in [0.2, 0.25) is 10.0 Å². The number of hydrogen-bond donors (Lipinski definition) is 3. The summed E-state index contributed by atoms with van der Waals surface area (Å²) in [6.45, 7) is 0.963. The van der Waals surface area contributed by atoms with Crippen molar-refractivity contribution < 1.29 is 13.2 Å². The molecule has 0 atom stereocenters. The Morgan fingerprint density at radius 2 is 2.16 bits per heavy atom. The Bertz CT molecular complexity index is 530. The lowest BCUT2D eigenvalue weighted by Crippen LogP contribution is -2.29. The molecule has 1 rings (SSSR count). The number of rotatable bonds is 7. The molecular formula is C11H18N4O3S. The fourth-order valence-electron chi connectivity index (χ4n) is 1.38. The first-order chi connectivity index (χ1) is 8.92. The number of nitrogens with two attached hydrogens (primary N) is 1. The van der Waals surface area contributed by atoms with Crippen LogP contribution in [0.1, 0.15) is 22.5 Å². The molecule has 0 bridgehead atoms. The number of aromatic nitrogens is 1. The zero-order chi connectivity index (χ0) is 14.3. The Morgan fingerprint density at radius 3 is 2.79 bits per heavy atom. The van der Waals surface area contributed by atoms with Crippen LogP contribution in [0.15, 0.2) is 18.3 Å². The molecule has 1 aromatic rings. The number of pyridine rings is 1. The fourth-order valence-corrected chi connectivity index (χ4v) is 1.90. The first kappa shape index (κ1) is 15.5. The summed E-state index contributed by atoms with van der Waals surface area (Å²) in [4.78, 5) is 15.7. The van der Waals surface area contributed by atoms with Crippen LogP contribution in [0.5, 0.6) is 0 Å². The number of carbonyl (C=O) groups is 1. The van der Waals surface area contributed by atoms with Gasteiger partial charge in [-0.1, -0.05) is 0 Å². The summed E-state index contributed by atoms with van der Waals surface area (Å²) in [7, 11) is -3.17. The first-order valence-corrected chi connectivity index (χ1v) is 7.69. The van der Waals surface area contributed by atoms with E-state index >= 15 is 0 Å². The van der Waals surface area contributed by atoms with E-state index in [1.165, 1.54) is 6.20 Å². The first-order valence-electron chi connectivity index (χ1n) is 5.80. The quantitative estimate of drug-likeness (QED) is 0.568. The number of nitrogens with zero attached hydrogens (tertiary/aromatic N) is 1. The minimum Gasteiger partial charge on any atom is -0.352 e. The molecule has 0 aliphatic rings. The van der Waals surface area contributed by atoms with Gasteiger partial charge in [-0.25, -0.2) is 13.1 Å². The molecule has 0 spiro atoms. The monoisotopic (exact) mass is 286 g/mol. The third-order valence-corrected chi connectivity index (χ3v) is 3.02. The van der Waals surface area contributed by atoms with Crippen LogP contribution in [0, 0.1) is 0 Å². The highest BCUT2D eigenvalue weighted by Crippen LogP contribution is 2.01.